The Labute approximate surface area is 99.5 Å². The van der Waals surface area contributed by atoms with E-state index in [9.17, 15) is 5.11 Å². The third-order valence-corrected chi connectivity index (χ3v) is 2.94. The highest BCUT2D eigenvalue weighted by Gasteiger charge is 2.15. The van der Waals surface area contributed by atoms with E-state index in [0.29, 0.717) is 11.7 Å². The van der Waals surface area contributed by atoms with Crippen LogP contribution in [0.2, 0.25) is 0 Å². The van der Waals surface area contributed by atoms with E-state index in [1.165, 1.54) is 5.56 Å². The predicted octanol–water partition coefficient (Wildman–Crippen LogP) is 4.28. The summed E-state index contributed by atoms with van der Waals surface area (Å²) in [6.07, 6.45) is 2.09. The molecule has 1 rings (SSSR count). The molecule has 0 spiro atoms. The van der Waals surface area contributed by atoms with E-state index in [2.05, 4.69) is 40.7 Å². The first-order valence-corrected chi connectivity index (χ1v) is 6.13. The summed E-state index contributed by atoms with van der Waals surface area (Å²) in [5, 5.41) is 9.81. The monoisotopic (exact) mass is 220 g/mol. The van der Waals surface area contributed by atoms with Gasteiger partial charge in [0.25, 0.3) is 0 Å². The van der Waals surface area contributed by atoms with Gasteiger partial charge in [0.05, 0.1) is 0 Å². The van der Waals surface area contributed by atoms with Crippen molar-refractivity contribution in [2.75, 3.05) is 0 Å². The van der Waals surface area contributed by atoms with Crippen LogP contribution in [0, 0.1) is 5.92 Å². The minimum Gasteiger partial charge on any atom is -0.508 e. The summed E-state index contributed by atoms with van der Waals surface area (Å²) < 4.78 is 0. The minimum absolute atomic E-state index is 0.153. The van der Waals surface area contributed by atoms with Crippen LogP contribution in [0.3, 0.4) is 0 Å². The van der Waals surface area contributed by atoms with Crippen molar-refractivity contribution in [3.63, 3.8) is 0 Å². The van der Waals surface area contributed by atoms with Crippen LogP contribution in [0.1, 0.15) is 52.2 Å². The fourth-order valence-corrected chi connectivity index (χ4v) is 1.70. The van der Waals surface area contributed by atoms with Gasteiger partial charge in [-0.3, -0.25) is 0 Å². The van der Waals surface area contributed by atoms with Crippen LogP contribution >= 0.6 is 0 Å². The standard InChI is InChI=1S/C15H24O/c1-11(2)6-7-12-10-13(15(3,4)5)8-9-14(12)16/h8-11,16H,6-7H2,1-5H3. The van der Waals surface area contributed by atoms with Gasteiger partial charge in [0.1, 0.15) is 5.75 Å². The summed E-state index contributed by atoms with van der Waals surface area (Å²) in [6.45, 7) is 11.0. The molecule has 1 aromatic rings. The van der Waals surface area contributed by atoms with E-state index in [1.807, 2.05) is 12.1 Å². The third kappa shape index (κ3) is 3.55. The molecule has 16 heavy (non-hydrogen) atoms. The average molecular weight is 220 g/mol. The molecule has 0 amide bonds. The van der Waals surface area contributed by atoms with Crippen molar-refractivity contribution < 1.29 is 5.11 Å². The van der Waals surface area contributed by atoms with Gasteiger partial charge in [-0.2, -0.15) is 0 Å². The van der Waals surface area contributed by atoms with Crippen LogP contribution in [-0.2, 0) is 11.8 Å². The van der Waals surface area contributed by atoms with E-state index in [4.69, 9.17) is 0 Å². The van der Waals surface area contributed by atoms with E-state index in [1.54, 1.807) is 0 Å². The van der Waals surface area contributed by atoms with Crippen molar-refractivity contribution in [2.24, 2.45) is 5.92 Å². The number of aromatic hydroxyl groups is 1. The van der Waals surface area contributed by atoms with Crippen molar-refractivity contribution >= 4 is 0 Å². The smallest absolute Gasteiger partial charge is 0.118 e. The minimum atomic E-state index is 0.153. The van der Waals surface area contributed by atoms with Gasteiger partial charge < -0.3 is 5.11 Å². The number of phenols is 1. The molecule has 1 N–H and O–H groups in total. The van der Waals surface area contributed by atoms with Crippen LogP contribution in [0.4, 0.5) is 0 Å². The second-order valence-corrected chi connectivity index (χ2v) is 6.03. The molecule has 0 aliphatic carbocycles. The Kier molecular flexibility index (Phi) is 4.01. The SMILES string of the molecule is CC(C)CCc1cc(C(C)(C)C)ccc1O. The van der Waals surface area contributed by atoms with E-state index in [0.717, 1.165) is 18.4 Å². The van der Waals surface area contributed by atoms with Crippen molar-refractivity contribution in [3.8, 4) is 5.75 Å². The van der Waals surface area contributed by atoms with Gasteiger partial charge in [0.2, 0.25) is 0 Å². The molecule has 0 fully saturated rings. The summed E-state index contributed by atoms with van der Waals surface area (Å²) in [5.74, 6) is 1.12. The molecule has 0 radical (unpaired) electrons. The zero-order chi connectivity index (χ0) is 12.3. The molecule has 1 aromatic carbocycles. The van der Waals surface area contributed by atoms with Gasteiger partial charge in [0.15, 0.2) is 0 Å². The highest BCUT2D eigenvalue weighted by molar-refractivity contribution is 5.38. The third-order valence-electron chi connectivity index (χ3n) is 2.94. The lowest BCUT2D eigenvalue weighted by Gasteiger charge is -2.20. The predicted molar refractivity (Wildman–Crippen MR) is 70.0 cm³/mol. The van der Waals surface area contributed by atoms with Gasteiger partial charge in [-0.25, -0.2) is 0 Å². The van der Waals surface area contributed by atoms with Crippen molar-refractivity contribution in [1.29, 1.82) is 0 Å². The normalized spacial score (nSPS) is 12.1. The van der Waals surface area contributed by atoms with Crippen LogP contribution in [0.25, 0.3) is 0 Å². The van der Waals surface area contributed by atoms with Crippen LogP contribution in [0.5, 0.6) is 5.75 Å². The van der Waals surface area contributed by atoms with Gasteiger partial charge >= 0.3 is 0 Å². The second kappa shape index (κ2) is 4.90. The first-order valence-electron chi connectivity index (χ1n) is 6.13. The number of benzene rings is 1. The molecule has 0 aliphatic rings. The van der Waals surface area contributed by atoms with Crippen LogP contribution in [0.15, 0.2) is 18.2 Å². The van der Waals surface area contributed by atoms with Crippen LogP contribution < -0.4 is 0 Å². The number of aryl methyl sites for hydroxylation is 1. The lowest BCUT2D eigenvalue weighted by molar-refractivity contribution is 0.462. The lowest BCUT2D eigenvalue weighted by atomic mass is 9.85. The fraction of sp³-hybridized carbons (Fsp3) is 0.600. The Balaban J connectivity index is 2.91. The largest absolute Gasteiger partial charge is 0.508 e. The van der Waals surface area contributed by atoms with E-state index < -0.39 is 0 Å². The molecule has 90 valence electrons. The Hall–Kier alpha value is -0.980. The molecule has 0 atom stereocenters. The lowest BCUT2D eigenvalue weighted by Crippen LogP contribution is -2.11. The number of rotatable bonds is 3. The Morgan fingerprint density at radius 3 is 2.31 bits per heavy atom. The van der Waals surface area contributed by atoms with Gasteiger partial charge in [-0.1, -0.05) is 46.8 Å². The fourth-order valence-electron chi connectivity index (χ4n) is 1.70. The summed E-state index contributed by atoms with van der Waals surface area (Å²) in [4.78, 5) is 0. The summed E-state index contributed by atoms with van der Waals surface area (Å²) in [6, 6.07) is 6.00. The summed E-state index contributed by atoms with van der Waals surface area (Å²) in [5.41, 5.74) is 2.53. The van der Waals surface area contributed by atoms with E-state index in [-0.39, 0.29) is 5.41 Å². The van der Waals surface area contributed by atoms with Gasteiger partial charge in [-0.05, 0) is 41.4 Å². The maximum absolute atomic E-state index is 9.81. The first-order chi connectivity index (χ1) is 7.30. The van der Waals surface area contributed by atoms with Crippen molar-refractivity contribution in [1.82, 2.24) is 0 Å². The molecule has 0 heterocycles. The van der Waals surface area contributed by atoms with E-state index >= 15 is 0 Å². The van der Waals surface area contributed by atoms with Crippen molar-refractivity contribution in [3.05, 3.63) is 29.3 Å². The zero-order valence-electron chi connectivity index (χ0n) is 11.2. The quantitative estimate of drug-likeness (QED) is 0.806. The molecule has 1 heteroatoms. The molecule has 1 nitrogen and oxygen atoms in total. The Morgan fingerprint density at radius 2 is 1.81 bits per heavy atom. The maximum Gasteiger partial charge on any atom is 0.118 e. The molecule has 0 aliphatic heterocycles. The zero-order valence-corrected chi connectivity index (χ0v) is 11.2. The summed E-state index contributed by atoms with van der Waals surface area (Å²) >= 11 is 0. The average Bonchev–Trinajstić information content (AvgIpc) is 2.14. The number of hydrogen-bond donors (Lipinski definition) is 1. The molecule has 0 bridgehead atoms. The first kappa shape index (κ1) is 13.1. The van der Waals surface area contributed by atoms with Gasteiger partial charge in [0, 0.05) is 0 Å². The topological polar surface area (TPSA) is 20.2 Å². The van der Waals surface area contributed by atoms with Crippen molar-refractivity contribution in [2.45, 2.75) is 52.9 Å². The molecular formula is C15H24O. The number of phenolic OH excluding ortho intramolecular Hbond substituents is 1. The molecule has 0 saturated heterocycles. The Morgan fingerprint density at radius 1 is 1.19 bits per heavy atom. The number of hydrogen-bond acceptors (Lipinski definition) is 1. The Bertz CT molecular complexity index is 345. The molecular weight excluding hydrogens is 196 g/mol. The second-order valence-electron chi connectivity index (χ2n) is 6.03. The molecule has 0 unspecified atom stereocenters. The van der Waals surface area contributed by atoms with Gasteiger partial charge in [-0.15, -0.1) is 0 Å². The molecule has 0 aromatic heterocycles. The van der Waals surface area contributed by atoms with Crippen LogP contribution in [-0.4, -0.2) is 5.11 Å². The highest BCUT2D eigenvalue weighted by atomic mass is 16.3. The maximum atomic E-state index is 9.81. The summed E-state index contributed by atoms with van der Waals surface area (Å²) in [7, 11) is 0. The molecule has 0 saturated carbocycles. The highest BCUT2D eigenvalue weighted by Crippen LogP contribution is 2.28.